The highest BCUT2D eigenvalue weighted by Gasteiger charge is 2.18. The molecule has 160 valence electrons. The lowest BCUT2D eigenvalue weighted by Gasteiger charge is -2.17. The van der Waals surface area contributed by atoms with Crippen molar-refractivity contribution in [2.45, 2.75) is 39.3 Å². The average Bonchev–Trinajstić information content (AvgIpc) is 3.14. The quantitative estimate of drug-likeness (QED) is 0.266. The Kier molecular flexibility index (Phi) is 6.78. The minimum Gasteiger partial charge on any atom is -0.494 e. The SMILES string of the molecule is Cc1cccc(OC(C)c2nc3ccccc3n2CCCCOc2ccc(Cl)cc2)c1. The molecule has 1 atom stereocenters. The predicted molar refractivity (Wildman–Crippen MR) is 126 cm³/mol. The summed E-state index contributed by atoms with van der Waals surface area (Å²) >= 11 is 5.92. The molecule has 0 aliphatic carbocycles. The van der Waals surface area contributed by atoms with Crippen molar-refractivity contribution in [3.8, 4) is 11.5 Å². The van der Waals surface area contributed by atoms with Crippen molar-refractivity contribution in [2.75, 3.05) is 6.61 Å². The molecule has 0 bridgehead atoms. The number of para-hydroxylation sites is 2. The molecular formula is C26H27ClN2O2. The van der Waals surface area contributed by atoms with Gasteiger partial charge in [0.1, 0.15) is 11.5 Å². The fourth-order valence-corrected chi connectivity index (χ4v) is 3.80. The lowest BCUT2D eigenvalue weighted by Crippen LogP contribution is -2.13. The molecule has 3 aromatic carbocycles. The number of imidazole rings is 1. The molecule has 0 fully saturated rings. The van der Waals surface area contributed by atoms with Gasteiger partial charge in [-0.2, -0.15) is 0 Å². The Morgan fingerprint density at radius 2 is 1.74 bits per heavy atom. The molecule has 31 heavy (non-hydrogen) atoms. The molecule has 4 nitrogen and oxygen atoms in total. The van der Waals surface area contributed by atoms with Gasteiger partial charge in [-0.05, 0) is 80.8 Å². The maximum atomic E-state index is 6.23. The lowest BCUT2D eigenvalue weighted by atomic mass is 10.2. The zero-order valence-corrected chi connectivity index (χ0v) is 18.7. The molecule has 0 amide bonds. The van der Waals surface area contributed by atoms with Crippen LogP contribution in [-0.2, 0) is 6.54 Å². The number of fused-ring (bicyclic) bond motifs is 1. The van der Waals surface area contributed by atoms with Gasteiger partial charge in [0.15, 0.2) is 11.9 Å². The van der Waals surface area contributed by atoms with Gasteiger partial charge in [-0.1, -0.05) is 35.9 Å². The molecule has 1 aromatic heterocycles. The molecular weight excluding hydrogens is 408 g/mol. The minimum absolute atomic E-state index is 0.153. The van der Waals surface area contributed by atoms with Crippen LogP contribution in [0.5, 0.6) is 11.5 Å². The number of halogens is 1. The van der Waals surface area contributed by atoms with E-state index in [2.05, 4.69) is 48.7 Å². The van der Waals surface area contributed by atoms with Gasteiger partial charge in [0.05, 0.1) is 17.6 Å². The number of unbranched alkanes of at least 4 members (excludes halogenated alkanes) is 1. The van der Waals surface area contributed by atoms with E-state index in [1.54, 1.807) is 0 Å². The maximum Gasteiger partial charge on any atom is 0.153 e. The fraction of sp³-hybridized carbons (Fsp3) is 0.269. The summed E-state index contributed by atoms with van der Waals surface area (Å²) in [7, 11) is 0. The largest absolute Gasteiger partial charge is 0.494 e. The van der Waals surface area contributed by atoms with E-state index in [0.717, 1.165) is 47.7 Å². The summed E-state index contributed by atoms with van der Waals surface area (Å²) < 4.78 is 14.3. The molecule has 0 spiro atoms. The number of aromatic nitrogens is 2. The monoisotopic (exact) mass is 434 g/mol. The van der Waals surface area contributed by atoms with Gasteiger partial charge < -0.3 is 14.0 Å². The van der Waals surface area contributed by atoms with Crippen molar-refractivity contribution < 1.29 is 9.47 Å². The normalized spacial score (nSPS) is 12.1. The first-order valence-corrected chi connectivity index (χ1v) is 11.0. The van der Waals surface area contributed by atoms with Gasteiger partial charge in [0.25, 0.3) is 0 Å². The van der Waals surface area contributed by atoms with E-state index in [0.29, 0.717) is 11.6 Å². The highest BCUT2D eigenvalue weighted by Crippen LogP contribution is 2.26. The zero-order chi connectivity index (χ0) is 21.6. The van der Waals surface area contributed by atoms with Gasteiger partial charge in [0.2, 0.25) is 0 Å². The van der Waals surface area contributed by atoms with Crippen molar-refractivity contribution in [1.82, 2.24) is 9.55 Å². The summed E-state index contributed by atoms with van der Waals surface area (Å²) in [6, 6.07) is 23.9. The van der Waals surface area contributed by atoms with Crippen molar-refractivity contribution >= 4 is 22.6 Å². The molecule has 0 saturated carbocycles. The third kappa shape index (κ3) is 5.39. The van der Waals surface area contributed by atoms with E-state index in [1.165, 1.54) is 5.56 Å². The van der Waals surface area contributed by atoms with E-state index in [1.807, 2.05) is 42.5 Å². The van der Waals surface area contributed by atoms with E-state index in [4.69, 9.17) is 26.1 Å². The molecule has 1 heterocycles. The molecule has 0 aliphatic heterocycles. The van der Waals surface area contributed by atoms with Crippen LogP contribution in [0, 0.1) is 6.92 Å². The van der Waals surface area contributed by atoms with Crippen molar-refractivity contribution in [3.63, 3.8) is 0 Å². The molecule has 4 aromatic rings. The van der Waals surface area contributed by atoms with Crippen LogP contribution in [-0.4, -0.2) is 16.2 Å². The van der Waals surface area contributed by atoms with E-state index < -0.39 is 0 Å². The van der Waals surface area contributed by atoms with E-state index in [9.17, 15) is 0 Å². The topological polar surface area (TPSA) is 36.3 Å². The van der Waals surface area contributed by atoms with Crippen LogP contribution in [0.4, 0.5) is 0 Å². The maximum absolute atomic E-state index is 6.23. The molecule has 0 saturated heterocycles. The molecule has 4 rings (SSSR count). The Labute approximate surface area is 188 Å². The van der Waals surface area contributed by atoms with E-state index in [-0.39, 0.29) is 6.10 Å². The van der Waals surface area contributed by atoms with Crippen LogP contribution in [0.3, 0.4) is 0 Å². The summed E-state index contributed by atoms with van der Waals surface area (Å²) in [6.45, 7) is 5.66. The summed E-state index contributed by atoms with van der Waals surface area (Å²) in [4.78, 5) is 4.88. The first-order chi connectivity index (χ1) is 15.1. The highest BCUT2D eigenvalue weighted by atomic mass is 35.5. The first kappa shape index (κ1) is 21.3. The van der Waals surface area contributed by atoms with Crippen LogP contribution >= 0.6 is 11.6 Å². The number of hydrogen-bond donors (Lipinski definition) is 0. The molecule has 1 unspecified atom stereocenters. The van der Waals surface area contributed by atoms with Gasteiger partial charge in [-0.25, -0.2) is 4.98 Å². The third-order valence-corrected chi connectivity index (χ3v) is 5.46. The van der Waals surface area contributed by atoms with Crippen LogP contribution in [0.2, 0.25) is 5.02 Å². The Morgan fingerprint density at radius 1 is 0.935 bits per heavy atom. The summed E-state index contributed by atoms with van der Waals surface area (Å²) in [5, 5.41) is 0.717. The number of hydrogen-bond acceptors (Lipinski definition) is 3. The molecule has 0 radical (unpaired) electrons. The van der Waals surface area contributed by atoms with Crippen LogP contribution in [0.1, 0.15) is 37.3 Å². The van der Waals surface area contributed by atoms with Gasteiger partial charge in [0, 0.05) is 11.6 Å². The minimum atomic E-state index is -0.153. The number of ether oxygens (including phenoxy) is 2. The van der Waals surface area contributed by atoms with Crippen LogP contribution in [0.15, 0.2) is 72.8 Å². The number of benzene rings is 3. The predicted octanol–water partition coefficient (Wildman–Crippen LogP) is 7.00. The van der Waals surface area contributed by atoms with Crippen LogP contribution in [0.25, 0.3) is 11.0 Å². The average molecular weight is 435 g/mol. The second-order valence-corrected chi connectivity index (χ2v) is 8.13. The van der Waals surface area contributed by atoms with Gasteiger partial charge in [-0.3, -0.25) is 0 Å². The molecule has 0 aliphatic rings. The highest BCUT2D eigenvalue weighted by molar-refractivity contribution is 6.30. The lowest BCUT2D eigenvalue weighted by molar-refractivity contribution is 0.210. The number of nitrogens with zero attached hydrogens (tertiary/aromatic N) is 2. The van der Waals surface area contributed by atoms with E-state index >= 15 is 0 Å². The standard InChI is InChI=1S/C26H27ClN2O2/c1-19-8-7-9-23(18-19)31-20(2)26-28-24-10-3-4-11-25(24)29(26)16-5-6-17-30-22-14-12-21(27)13-15-22/h3-4,7-15,18,20H,5-6,16-17H2,1-2H3. The van der Waals surface area contributed by atoms with Crippen molar-refractivity contribution in [3.05, 3.63) is 89.2 Å². The smallest absolute Gasteiger partial charge is 0.153 e. The third-order valence-electron chi connectivity index (χ3n) is 5.21. The van der Waals surface area contributed by atoms with Gasteiger partial charge in [-0.15, -0.1) is 0 Å². The second-order valence-electron chi connectivity index (χ2n) is 7.70. The molecule has 5 heteroatoms. The Morgan fingerprint density at radius 3 is 2.55 bits per heavy atom. The Hall–Kier alpha value is -2.98. The van der Waals surface area contributed by atoms with Crippen LogP contribution < -0.4 is 9.47 Å². The Balaban J connectivity index is 1.42. The molecule has 0 N–H and O–H groups in total. The Bertz CT molecular complexity index is 1140. The van der Waals surface area contributed by atoms with Crippen molar-refractivity contribution in [1.29, 1.82) is 0 Å². The fourth-order valence-electron chi connectivity index (χ4n) is 3.68. The van der Waals surface area contributed by atoms with Gasteiger partial charge >= 0.3 is 0 Å². The second kappa shape index (κ2) is 9.88. The zero-order valence-electron chi connectivity index (χ0n) is 17.9. The summed E-state index contributed by atoms with van der Waals surface area (Å²) in [5.74, 6) is 2.65. The number of aryl methyl sites for hydroxylation is 2. The van der Waals surface area contributed by atoms with Crippen molar-refractivity contribution in [2.24, 2.45) is 0 Å². The summed E-state index contributed by atoms with van der Waals surface area (Å²) in [5.41, 5.74) is 3.31. The first-order valence-electron chi connectivity index (χ1n) is 10.7. The number of rotatable bonds is 9. The summed E-state index contributed by atoms with van der Waals surface area (Å²) in [6.07, 6.45) is 1.78.